The molecule has 0 rings (SSSR count). The van der Waals surface area contributed by atoms with E-state index in [9.17, 15) is 9.59 Å². The van der Waals surface area contributed by atoms with Crippen LogP contribution in [-0.2, 0) is 9.59 Å². The molecule has 0 saturated heterocycles. The number of nitrogens with one attached hydrogen (secondary N) is 3. The second-order valence-electron chi connectivity index (χ2n) is 5.26. The van der Waals surface area contributed by atoms with E-state index in [2.05, 4.69) is 22.5 Å². The van der Waals surface area contributed by atoms with Crippen LogP contribution in [0.4, 0.5) is 0 Å². The summed E-state index contributed by atoms with van der Waals surface area (Å²) in [4.78, 5) is 23.0. The van der Waals surface area contributed by atoms with Crippen molar-refractivity contribution in [2.75, 3.05) is 13.1 Å². The Morgan fingerprint density at radius 1 is 1.33 bits per heavy atom. The van der Waals surface area contributed by atoms with E-state index in [1.165, 1.54) is 0 Å². The van der Waals surface area contributed by atoms with Crippen molar-refractivity contribution in [3.05, 3.63) is 12.7 Å². The van der Waals surface area contributed by atoms with Gasteiger partial charge in [-0.05, 0) is 27.7 Å². The quantitative estimate of drug-likeness (QED) is 0.583. The van der Waals surface area contributed by atoms with Gasteiger partial charge in [-0.15, -0.1) is 6.58 Å². The summed E-state index contributed by atoms with van der Waals surface area (Å²) < 4.78 is 0. The molecular formula is C13H25N3O2. The molecule has 5 heteroatoms. The lowest BCUT2D eigenvalue weighted by molar-refractivity contribution is -0.124. The molecule has 0 saturated carbocycles. The highest BCUT2D eigenvalue weighted by atomic mass is 16.2. The first-order valence-corrected chi connectivity index (χ1v) is 6.19. The van der Waals surface area contributed by atoms with Crippen LogP contribution < -0.4 is 16.0 Å². The summed E-state index contributed by atoms with van der Waals surface area (Å²) in [7, 11) is 0. The Labute approximate surface area is 109 Å². The van der Waals surface area contributed by atoms with Gasteiger partial charge >= 0.3 is 0 Å². The topological polar surface area (TPSA) is 70.2 Å². The summed E-state index contributed by atoms with van der Waals surface area (Å²) in [6.07, 6.45) is 1.98. The van der Waals surface area contributed by atoms with Crippen molar-refractivity contribution in [3.8, 4) is 0 Å². The number of amides is 2. The van der Waals surface area contributed by atoms with Crippen molar-refractivity contribution >= 4 is 11.8 Å². The highest BCUT2D eigenvalue weighted by Gasteiger charge is 2.15. The predicted octanol–water partition coefficient (Wildman–Crippen LogP) is 0.572. The first-order valence-electron chi connectivity index (χ1n) is 6.19. The van der Waals surface area contributed by atoms with E-state index in [-0.39, 0.29) is 23.4 Å². The lowest BCUT2D eigenvalue weighted by Gasteiger charge is -2.21. The van der Waals surface area contributed by atoms with Crippen LogP contribution in [0.15, 0.2) is 12.7 Å². The molecule has 104 valence electrons. The number of hydrogen-bond acceptors (Lipinski definition) is 3. The van der Waals surface area contributed by atoms with Crippen LogP contribution >= 0.6 is 0 Å². The molecule has 0 spiro atoms. The Morgan fingerprint density at radius 2 is 1.94 bits per heavy atom. The van der Waals surface area contributed by atoms with E-state index in [1.807, 2.05) is 20.8 Å². The van der Waals surface area contributed by atoms with Gasteiger partial charge in [0.25, 0.3) is 0 Å². The van der Waals surface area contributed by atoms with Crippen molar-refractivity contribution in [1.29, 1.82) is 0 Å². The molecule has 0 bridgehead atoms. The van der Waals surface area contributed by atoms with E-state index < -0.39 is 0 Å². The Bertz CT molecular complexity index is 295. The van der Waals surface area contributed by atoms with Gasteiger partial charge in [0.15, 0.2) is 0 Å². The van der Waals surface area contributed by atoms with Crippen molar-refractivity contribution in [1.82, 2.24) is 16.0 Å². The minimum absolute atomic E-state index is 0.0197. The zero-order chi connectivity index (χ0) is 14.2. The third kappa shape index (κ3) is 8.75. The van der Waals surface area contributed by atoms with Crippen LogP contribution in [0.3, 0.4) is 0 Å². The third-order valence-corrected chi connectivity index (χ3v) is 2.13. The van der Waals surface area contributed by atoms with E-state index in [1.54, 1.807) is 13.0 Å². The Balaban J connectivity index is 3.80. The Kier molecular flexibility index (Phi) is 7.27. The molecule has 18 heavy (non-hydrogen) atoms. The first kappa shape index (κ1) is 16.6. The maximum Gasteiger partial charge on any atom is 0.237 e. The SMILES string of the molecule is C=CCNC(=O)C(C)NCCC(=O)NC(C)(C)C. The average molecular weight is 255 g/mol. The van der Waals surface area contributed by atoms with E-state index in [4.69, 9.17) is 0 Å². The normalized spacial score (nSPS) is 12.7. The second kappa shape index (κ2) is 7.87. The van der Waals surface area contributed by atoms with Gasteiger partial charge in [0, 0.05) is 25.0 Å². The molecule has 0 aromatic carbocycles. The van der Waals surface area contributed by atoms with Crippen LogP contribution in [0, 0.1) is 0 Å². The van der Waals surface area contributed by atoms with Gasteiger partial charge in [-0.1, -0.05) is 6.08 Å². The summed E-state index contributed by atoms with van der Waals surface area (Å²) in [6.45, 7) is 12.0. The van der Waals surface area contributed by atoms with Crippen LogP contribution in [0.25, 0.3) is 0 Å². The number of rotatable bonds is 7. The van der Waals surface area contributed by atoms with Gasteiger partial charge in [-0.3, -0.25) is 9.59 Å². The summed E-state index contributed by atoms with van der Waals surface area (Å²) in [5, 5.41) is 8.55. The molecule has 1 atom stereocenters. The average Bonchev–Trinajstić information content (AvgIpc) is 2.23. The zero-order valence-electron chi connectivity index (χ0n) is 11.8. The highest BCUT2D eigenvalue weighted by molar-refractivity contribution is 5.81. The monoisotopic (exact) mass is 255 g/mol. The smallest absolute Gasteiger partial charge is 0.237 e. The molecule has 0 fully saturated rings. The molecule has 5 nitrogen and oxygen atoms in total. The van der Waals surface area contributed by atoms with Gasteiger partial charge in [0.2, 0.25) is 11.8 Å². The maximum absolute atomic E-state index is 11.5. The fourth-order valence-electron chi connectivity index (χ4n) is 1.30. The van der Waals surface area contributed by atoms with Gasteiger partial charge in [0.05, 0.1) is 6.04 Å². The molecule has 3 N–H and O–H groups in total. The van der Waals surface area contributed by atoms with Crippen molar-refractivity contribution in [3.63, 3.8) is 0 Å². The molecule has 2 amide bonds. The Hall–Kier alpha value is -1.36. The third-order valence-electron chi connectivity index (χ3n) is 2.13. The minimum atomic E-state index is -0.313. The van der Waals surface area contributed by atoms with Crippen LogP contribution in [0.2, 0.25) is 0 Å². The molecule has 0 aromatic rings. The van der Waals surface area contributed by atoms with Gasteiger partial charge < -0.3 is 16.0 Å². The van der Waals surface area contributed by atoms with Crippen molar-refractivity contribution in [2.24, 2.45) is 0 Å². The molecule has 0 heterocycles. The van der Waals surface area contributed by atoms with Crippen LogP contribution in [0.5, 0.6) is 0 Å². The van der Waals surface area contributed by atoms with Gasteiger partial charge in [-0.25, -0.2) is 0 Å². The first-order chi connectivity index (χ1) is 8.26. The standard InChI is InChI=1S/C13H25N3O2/c1-6-8-15-12(18)10(2)14-9-7-11(17)16-13(3,4)5/h6,10,14H,1,7-9H2,2-5H3,(H,15,18)(H,16,17). The van der Waals surface area contributed by atoms with Crippen molar-refractivity contribution < 1.29 is 9.59 Å². The molecule has 0 aliphatic heterocycles. The molecule has 1 unspecified atom stereocenters. The fourth-order valence-corrected chi connectivity index (χ4v) is 1.30. The maximum atomic E-state index is 11.5. The summed E-state index contributed by atoms with van der Waals surface area (Å²) in [5.74, 6) is -0.111. The molecule has 0 aromatic heterocycles. The largest absolute Gasteiger partial charge is 0.351 e. The summed E-state index contributed by atoms with van der Waals surface area (Å²) >= 11 is 0. The predicted molar refractivity (Wildman–Crippen MR) is 73.2 cm³/mol. The van der Waals surface area contributed by atoms with E-state index in [0.717, 1.165) is 0 Å². The molecule has 0 aliphatic rings. The van der Waals surface area contributed by atoms with Crippen molar-refractivity contribution in [2.45, 2.75) is 45.7 Å². The van der Waals surface area contributed by atoms with E-state index >= 15 is 0 Å². The summed E-state index contributed by atoms with van der Waals surface area (Å²) in [6, 6.07) is -0.313. The molecule has 0 radical (unpaired) electrons. The molecule has 0 aliphatic carbocycles. The second-order valence-corrected chi connectivity index (χ2v) is 5.26. The number of hydrogen-bond donors (Lipinski definition) is 3. The lowest BCUT2D eigenvalue weighted by atomic mass is 10.1. The highest BCUT2D eigenvalue weighted by Crippen LogP contribution is 1.98. The molecular weight excluding hydrogens is 230 g/mol. The van der Waals surface area contributed by atoms with Gasteiger partial charge in [-0.2, -0.15) is 0 Å². The summed E-state index contributed by atoms with van der Waals surface area (Å²) in [5.41, 5.74) is -0.218. The van der Waals surface area contributed by atoms with Crippen LogP contribution in [0.1, 0.15) is 34.1 Å². The number of carbonyl (C=O) groups is 2. The Morgan fingerprint density at radius 3 is 2.44 bits per heavy atom. The lowest BCUT2D eigenvalue weighted by Crippen LogP contribution is -2.45. The number of carbonyl (C=O) groups excluding carboxylic acids is 2. The van der Waals surface area contributed by atoms with Crippen LogP contribution in [-0.4, -0.2) is 36.5 Å². The fraction of sp³-hybridized carbons (Fsp3) is 0.692. The van der Waals surface area contributed by atoms with E-state index in [0.29, 0.717) is 19.5 Å². The minimum Gasteiger partial charge on any atom is -0.351 e. The van der Waals surface area contributed by atoms with Gasteiger partial charge in [0.1, 0.15) is 0 Å². The zero-order valence-corrected chi connectivity index (χ0v) is 11.8.